The Morgan fingerprint density at radius 2 is 2.15 bits per heavy atom. The third kappa shape index (κ3) is 3.75. The van der Waals surface area contributed by atoms with Crippen LogP contribution in [0.1, 0.15) is 13.8 Å². The number of anilines is 1. The SMILES string of the molecule is CC1(C)CN(c2cnn(C[B-](F)(F)F)c(=O)c2)CCO1. The molecule has 5 nitrogen and oxygen atoms in total. The summed E-state index contributed by atoms with van der Waals surface area (Å²) in [5.74, 6) is 0. The molecule has 0 N–H and O–H groups in total. The van der Waals surface area contributed by atoms with Crippen LogP contribution in [0.5, 0.6) is 0 Å². The fraction of sp³-hybridized carbons (Fsp3) is 0.636. The van der Waals surface area contributed by atoms with Crippen molar-refractivity contribution in [1.82, 2.24) is 9.78 Å². The Bertz CT molecular complexity index is 544. The van der Waals surface area contributed by atoms with E-state index in [0.29, 0.717) is 30.1 Å². The molecule has 20 heavy (non-hydrogen) atoms. The molecule has 112 valence electrons. The van der Waals surface area contributed by atoms with Crippen LogP contribution in [0.2, 0.25) is 0 Å². The van der Waals surface area contributed by atoms with E-state index in [1.54, 1.807) is 0 Å². The van der Waals surface area contributed by atoms with Crippen LogP contribution in [0.4, 0.5) is 18.6 Å². The fourth-order valence-electron chi connectivity index (χ4n) is 2.17. The lowest BCUT2D eigenvalue weighted by atomic mass is 9.93. The van der Waals surface area contributed by atoms with E-state index in [1.807, 2.05) is 18.7 Å². The largest absolute Gasteiger partial charge is 0.499 e. The van der Waals surface area contributed by atoms with Crippen LogP contribution in [0.15, 0.2) is 17.1 Å². The summed E-state index contributed by atoms with van der Waals surface area (Å²) < 4.78 is 42.9. The summed E-state index contributed by atoms with van der Waals surface area (Å²) >= 11 is 0. The quantitative estimate of drug-likeness (QED) is 0.786. The lowest BCUT2D eigenvalue weighted by Crippen LogP contribution is -2.48. The van der Waals surface area contributed by atoms with Gasteiger partial charge in [-0.15, -0.1) is 0 Å². The summed E-state index contributed by atoms with van der Waals surface area (Å²) in [5.41, 5.74) is -0.578. The first-order valence-corrected chi connectivity index (χ1v) is 6.33. The van der Waals surface area contributed by atoms with Gasteiger partial charge in [-0.05, 0) is 13.8 Å². The zero-order valence-electron chi connectivity index (χ0n) is 11.4. The summed E-state index contributed by atoms with van der Waals surface area (Å²) in [6, 6.07) is 1.19. The number of hydrogen-bond donors (Lipinski definition) is 0. The monoisotopic (exact) mass is 290 g/mol. The van der Waals surface area contributed by atoms with E-state index < -0.39 is 19.0 Å². The number of nitrogens with zero attached hydrogens (tertiary/aromatic N) is 3. The van der Waals surface area contributed by atoms with Crippen LogP contribution in [0, 0.1) is 0 Å². The van der Waals surface area contributed by atoms with E-state index in [2.05, 4.69) is 5.10 Å². The lowest BCUT2D eigenvalue weighted by Gasteiger charge is -2.39. The highest BCUT2D eigenvalue weighted by atomic mass is 19.4. The minimum absolute atomic E-state index is 0.359. The first-order chi connectivity index (χ1) is 9.16. The number of rotatable bonds is 3. The molecular formula is C11H16BF3N3O2-. The lowest BCUT2D eigenvalue weighted by molar-refractivity contribution is -0.0277. The highest BCUT2D eigenvalue weighted by molar-refractivity contribution is 6.57. The molecule has 0 saturated carbocycles. The van der Waals surface area contributed by atoms with Crippen molar-refractivity contribution in [2.75, 3.05) is 24.6 Å². The second-order valence-electron chi connectivity index (χ2n) is 5.47. The summed E-state index contributed by atoms with van der Waals surface area (Å²) in [4.78, 5) is 13.6. The van der Waals surface area contributed by atoms with Crippen LogP contribution in [0.3, 0.4) is 0 Å². The molecule has 1 aliphatic rings. The maximum atomic E-state index is 12.3. The maximum absolute atomic E-state index is 12.3. The van der Waals surface area contributed by atoms with Gasteiger partial charge in [-0.3, -0.25) is 9.48 Å². The second-order valence-corrected chi connectivity index (χ2v) is 5.47. The zero-order chi connectivity index (χ0) is 15.0. The van der Waals surface area contributed by atoms with E-state index in [0.717, 1.165) is 0 Å². The predicted molar refractivity (Wildman–Crippen MR) is 69.8 cm³/mol. The van der Waals surface area contributed by atoms with Gasteiger partial charge >= 0.3 is 6.98 Å². The van der Waals surface area contributed by atoms with Gasteiger partial charge in [0.1, 0.15) is 0 Å². The smallest absolute Gasteiger partial charge is 0.448 e. The van der Waals surface area contributed by atoms with Gasteiger partial charge < -0.3 is 22.6 Å². The highest BCUT2D eigenvalue weighted by Gasteiger charge is 2.28. The predicted octanol–water partition coefficient (Wildman–Crippen LogP) is 1.25. The standard InChI is InChI=1S/C11H16BF3N3O2/c1-11(2)7-17(3-4-20-11)9-5-10(19)18(16-6-9)8-12(13,14)15/h5-6H,3-4,7-8H2,1-2H3/q-1. The van der Waals surface area contributed by atoms with E-state index in [4.69, 9.17) is 4.74 Å². The Morgan fingerprint density at radius 1 is 1.45 bits per heavy atom. The van der Waals surface area contributed by atoms with Crippen LogP contribution in [-0.4, -0.2) is 42.1 Å². The molecular weight excluding hydrogens is 274 g/mol. The molecule has 2 rings (SSSR count). The molecule has 1 aliphatic heterocycles. The van der Waals surface area contributed by atoms with Gasteiger partial charge in [0.15, 0.2) is 0 Å². The Labute approximate surface area is 114 Å². The minimum Gasteiger partial charge on any atom is -0.448 e. The maximum Gasteiger partial charge on any atom is 0.499 e. The summed E-state index contributed by atoms with van der Waals surface area (Å²) in [7, 11) is 0. The molecule has 0 aromatic carbocycles. The van der Waals surface area contributed by atoms with Crippen LogP contribution in [0.25, 0.3) is 0 Å². The third-order valence-corrected chi connectivity index (χ3v) is 3.03. The van der Waals surface area contributed by atoms with E-state index in [9.17, 15) is 17.7 Å². The van der Waals surface area contributed by atoms with Crippen molar-refractivity contribution in [2.45, 2.75) is 25.9 Å². The average Bonchev–Trinajstić information content (AvgIpc) is 2.29. The third-order valence-electron chi connectivity index (χ3n) is 3.03. The Hall–Kier alpha value is -1.51. The normalized spacial score (nSPS) is 19.1. The van der Waals surface area contributed by atoms with E-state index >= 15 is 0 Å². The van der Waals surface area contributed by atoms with E-state index in [1.165, 1.54) is 12.3 Å². The van der Waals surface area contributed by atoms with Crippen LogP contribution in [-0.2, 0) is 11.2 Å². The molecule has 9 heteroatoms. The van der Waals surface area contributed by atoms with Crippen molar-refractivity contribution in [2.24, 2.45) is 0 Å². The topological polar surface area (TPSA) is 47.4 Å². The van der Waals surface area contributed by atoms with Gasteiger partial charge in [-0.2, -0.15) is 5.10 Å². The molecule has 1 aromatic rings. The Morgan fingerprint density at radius 3 is 2.70 bits per heavy atom. The highest BCUT2D eigenvalue weighted by Crippen LogP contribution is 2.21. The number of ether oxygens (including phenoxy) is 1. The molecule has 2 heterocycles. The molecule has 0 amide bonds. The van der Waals surface area contributed by atoms with Crippen LogP contribution >= 0.6 is 0 Å². The summed E-state index contributed by atoms with van der Waals surface area (Å²) in [5, 5.41) is 3.60. The van der Waals surface area contributed by atoms with Crippen molar-refractivity contribution < 1.29 is 17.7 Å². The minimum atomic E-state index is -5.08. The van der Waals surface area contributed by atoms with Crippen LogP contribution < -0.4 is 10.5 Å². The molecule has 0 aliphatic carbocycles. The molecule has 0 unspecified atom stereocenters. The van der Waals surface area contributed by atoms with Crippen molar-refractivity contribution in [3.8, 4) is 0 Å². The molecule has 0 bridgehead atoms. The molecule has 0 atom stereocenters. The fourth-order valence-corrected chi connectivity index (χ4v) is 2.17. The average molecular weight is 290 g/mol. The molecule has 0 radical (unpaired) electrons. The van der Waals surface area contributed by atoms with Gasteiger partial charge in [0.25, 0.3) is 5.56 Å². The number of morpholine rings is 1. The van der Waals surface area contributed by atoms with Crippen molar-refractivity contribution in [3.63, 3.8) is 0 Å². The molecule has 1 fully saturated rings. The number of halogens is 3. The Balaban J connectivity index is 2.19. The summed E-state index contributed by atoms with van der Waals surface area (Å²) in [6.45, 7) is 0.391. The second kappa shape index (κ2) is 5.12. The Kier molecular flexibility index (Phi) is 3.81. The molecule has 1 aromatic heterocycles. The van der Waals surface area contributed by atoms with Gasteiger partial charge in [-0.1, -0.05) is 0 Å². The van der Waals surface area contributed by atoms with Gasteiger partial charge in [0.2, 0.25) is 0 Å². The van der Waals surface area contributed by atoms with E-state index in [-0.39, 0.29) is 5.60 Å². The first-order valence-electron chi connectivity index (χ1n) is 6.33. The van der Waals surface area contributed by atoms with Crippen molar-refractivity contribution >= 4 is 12.7 Å². The summed E-state index contributed by atoms with van der Waals surface area (Å²) in [6.07, 6.45) is -0.0155. The molecule has 0 spiro atoms. The van der Waals surface area contributed by atoms with Crippen molar-refractivity contribution in [1.29, 1.82) is 0 Å². The van der Waals surface area contributed by atoms with Gasteiger partial charge in [0, 0.05) is 25.6 Å². The first kappa shape index (κ1) is 14.9. The molecule has 1 saturated heterocycles. The number of hydrogen-bond acceptors (Lipinski definition) is 4. The van der Waals surface area contributed by atoms with Crippen molar-refractivity contribution in [3.05, 3.63) is 22.6 Å². The zero-order valence-corrected chi connectivity index (χ0v) is 11.4. The van der Waals surface area contributed by atoms with Gasteiger partial charge in [-0.25, -0.2) is 0 Å². The number of aromatic nitrogens is 2. The van der Waals surface area contributed by atoms with Gasteiger partial charge in [0.05, 0.1) is 24.1 Å².